The van der Waals surface area contributed by atoms with Gasteiger partial charge in [0.05, 0.1) is 6.10 Å². The van der Waals surface area contributed by atoms with Gasteiger partial charge in [-0.15, -0.1) is 0 Å². The first-order valence-electron chi connectivity index (χ1n) is 7.05. The van der Waals surface area contributed by atoms with Crippen LogP contribution in [0.5, 0.6) is 0 Å². The van der Waals surface area contributed by atoms with Gasteiger partial charge in [-0.1, -0.05) is 27.7 Å². The molecule has 1 atom stereocenters. The first-order valence-corrected chi connectivity index (χ1v) is 7.05. The van der Waals surface area contributed by atoms with E-state index in [0.717, 1.165) is 18.9 Å². The molecular weight excluding hydrogens is 212 g/mol. The standard InChI is InChI=1S/C14H32N2O/c1-6-13(7-2)16(11-12(3)4)9-8-14(10-15)17-5/h12-14H,6-11,15H2,1-5H3. The predicted octanol–water partition coefficient (Wildman–Crippen LogP) is 2.50. The van der Waals surface area contributed by atoms with E-state index in [-0.39, 0.29) is 6.10 Å². The lowest BCUT2D eigenvalue weighted by molar-refractivity contribution is 0.0765. The molecule has 0 aromatic heterocycles. The molecule has 0 aromatic rings. The van der Waals surface area contributed by atoms with Crippen LogP contribution in [0.2, 0.25) is 0 Å². The van der Waals surface area contributed by atoms with Crippen molar-refractivity contribution < 1.29 is 4.74 Å². The van der Waals surface area contributed by atoms with Gasteiger partial charge in [-0.2, -0.15) is 0 Å². The summed E-state index contributed by atoms with van der Waals surface area (Å²) in [6.45, 7) is 12.0. The van der Waals surface area contributed by atoms with Gasteiger partial charge in [0.25, 0.3) is 0 Å². The molecule has 3 heteroatoms. The predicted molar refractivity (Wildman–Crippen MR) is 75.2 cm³/mol. The second-order valence-corrected chi connectivity index (χ2v) is 5.24. The lowest BCUT2D eigenvalue weighted by Gasteiger charge is -2.32. The number of methoxy groups -OCH3 is 1. The molecule has 0 heterocycles. The molecule has 0 aliphatic rings. The number of nitrogens with zero attached hydrogens (tertiary/aromatic N) is 1. The summed E-state index contributed by atoms with van der Waals surface area (Å²) < 4.78 is 5.35. The Kier molecular flexibility index (Phi) is 9.79. The minimum atomic E-state index is 0.207. The maximum Gasteiger partial charge on any atom is 0.0705 e. The van der Waals surface area contributed by atoms with E-state index in [2.05, 4.69) is 32.6 Å². The molecule has 0 fully saturated rings. The fourth-order valence-electron chi connectivity index (χ4n) is 2.34. The average molecular weight is 244 g/mol. The zero-order valence-corrected chi connectivity index (χ0v) is 12.4. The number of hydrogen-bond acceptors (Lipinski definition) is 3. The molecule has 0 amide bonds. The first kappa shape index (κ1) is 16.9. The lowest BCUT2D eigenvalue weighted by Crippen LogP contribution is -2.40. The second-order valence-electron chi connectivity index (χ2n) is 5.24. The summed E-state index contributed by atoms with van der Waals surface area (Å²) in [7, 11) is 1.75. The van der Waals surface area contributed by atoms with Crippen LogP contribution in [0.15, 0.2) is 0 Å². The smallest absolute Gasteiger partial charge is 0.0705 e. The summed E-state index contributed by atoms with van der Waals surface area (Å²) >= 11 is 0. The summed E-state index contributed by atoms with van der Waals surface area (Å²) in [5.41, 5.74) is 5.67. The van der Waals surface area contributed by atoms with Crippen molar-refractivity contribution in [2.75, 3.05) is 26.7 Å². The zero-order chi connectivity index (χ0) is 13.3. The summed E-state index contributed by atoms with van der Waals surface area (Å²) in [6.07, 6.45) is 3.70. The van der Waals surface area contributed by atoms with Crippen molar-refractivity contribution in [1.29, 1.82) is 0 Å². The SMILES string of the molecule is CCC(CC)N(CCC(CN)OC)CC(C)C. The number of nitrogens with two attached hydrogens (primary N) is 1. The van der Waals surface area contributed by atoms with Crippen LogP contribution in [0.1, 0.15) is 47.0 Å². The Bertz CT molecular complexity index is 166. The normalized spacial score (nSPS) is 13.9. The summed E-state index contributed by atoms with van der Waals surface area (Å²) in [5, 5.41) is 0. The van der Waals surface area contributed by atoms with Crippen LogP contribution in [-0.4, -0.2) is 43.8 Å². The number of ether oxygens (including phenoxy) is 1. The Morgan fingerprint density at radius 1 is 1.18 bits per heavy atom. The molecule has 0 aliphatic heterocycles. The van der Waals surface area contributed by atoms with Gasteiger partial charge in [-0.25, -0.2) is 0 Å². The van der Waals surface area contributed by atoms with Gasteiger partial charge in [-0.3, -0.25) is 0 Å². The van der Waals surface area contributed by atoms with Crippen LogP contribution >= 0.6 is 0 Å². The van der Waals surface area contributed by atoms with Crippen molar-refractivity contribution in [2.24, 2.45) is 11.7 Å². The van der Waals surface area contributed by atoms with Crippen molar-refractivity contribution in [2.45, 2.75) is 59.1 Å². The van der Waals surface area contributed by atoms with E-state index in [4.69, 9.17) is 10.5 Å². The molecule has 104 valence electrons. The van der Waals surface area contributed by atoms with E-state index < -0.39 is 0 Å². The van der Waals surface area contributed by atoms with Gasteiger partial charge >= 0.3 is 0 Å². The Morgan fingerprint density at radius 3 is 2.12 bits per heavy atom. The zero-order valence-electron chi connectivity index (χ0n) is 12.4. The van der Waals surface area contributed by atoms with E-state index in [1.165, 1.54) is 19.4 Å². The van der Waals surface area contributed by atoms with Crippen molar-refractivity contribution in [1.82, 2.24) is 4.90 Å². The topological polar surface area (TPSA) is 38.5 Å². The molecule has 0 aliphatic carbocycles. The van der Waals surface area contributed by atoms with Gasteiger partial charge in [0.15, 0.2) is 0 Å². The summed E-state index contributed by atoms with van der Waals surface area (Å²) in [4.78, 5) is 2.60. The highest BCUT2D eigenvalue weighted by Crippen LogP contribution is 2.13. The molecule has 0 saturated carbocycles. The molecule has 17 heavy (non-hydrogen) atoms. The van der Waals surface area contributed by atoms with E-state index >= 15 is 0 Å². The van der Waals surface area contributed by atoms with Crippen LogP contribution in [0.25, 0.3) is 0 Å². The molecule has 3 nitrogen and oxygen atoms in total. The van der Waals surface area contributed by atoms with Crippen molar-refractivity contribution in [3.63, 3.8) is 0 Å². The largest absolute Gasteiger partial charge is 0.380 e. The fraction of sp³-hybridized carbons (Fsp3) is 1.00. The molecule has 0 radical (unpaired) electrons. The Hall–Kier alpha value is -0.120. The Balaban J connectivity index is 4.26. The van der Waals surface area contributed by atoms with Crippen LogP contribution in [0.4, 0.5) is 0 Å². The second kappa shape index (κ2) is 9.86. The monoisotopic (exact) mass is 244 g/mol. The quantitative estimate of drug-likeness (QED) is 0.642. The van der Waals surface area contributed by atoms with Crippen molar-refractivity contribution in [3.05, 3.63) is 0 Å². The molecule has 0 spiro atoms. The minimum Gasteiger partial charge on any atom is -0.380 e. The van der Waals surface area contributed by atoms with Gasteiger partial charge < -0.3 is 15.4 Å². The third-order valence-electron chi connectivity index (χ3n) is 3.39. The maximum atomic E-state index is 5.67. The van der Waals surface area contributed by atoms with Gasteiger partial charge in [0.2, 0.25) is 0 Å². The van der Waals surface area contributed by atoms with Gasteiger partial charge in [0, 0.05) is 32.8 Å². The van der Waals surface area contributed by atoms with Crippen LogP contribution < -0.4 is 5.73 Å². The van der Waals surface area contributed by atoms with E-state index in [1.807, 2.05) is 0 Å². The molecule has 2 N–H and O–H groups in total. The summed E-state index contributed by atoms with van der Waals surface area (Å²) in [5.74, 6) is 0.717. The highest BCUT2D eigenvalue weighted by atomic mass is 16.5. The summed E-state index contributed by atoms with van der Waals surface area (Å²) in [6, 6.07) is 0.702. The first-order chi connectivity index (χ1) is 8.08. The molecule has 0 rings (SSSR count). The number of hydrogen-bond donors (Lipinski definition) is 1. The van der Waals surface area contributed by atoms with E-state index in [0.29, 0.717) is 12.6 Å². The van der Waals surface area contributed by atoms with Crippen LogP contribution in [-0.2, 0) is 4.74 Å². The molecule has 1 unspecified atom stereocenters. The van der Waals surface area contributed by atoms with E-state index in [1.54, 1.807) is 7.11 Å². The minimum absolute atomic E-state index is 0.207. The lowest BCUT2D eigenvalue weighted by atomic mass is 10.1. The average Bonchev–Trinajstić information content (AvgIpc) is 2.30. The third-order valence-corrected chi connectivity index (χ3v) is 3.39. The van der Waals surface area contributed by atoms with Crippen molar-refractivity contribution >= 4 is 0 Å². The molecule has 0 aromatic carbocycles. The van der Waals surface area contributed by atoms with Gasteiger partial charge in [-0.05, 0) is 25.2 Å². The van der Waals surface area contributed by atoms with Crippen LogP contribution in [0, 0.1) is 5.92 Å². The Morgan fingerprint density at radius 2 is 1.76 bits per heavy atom. The molecule has 0 bridgehead atoms. The number of rotatable bonds is 10. The Labute approximate surface area is 108 Å². The third kappa shape index (κ3) is 7.02. The van der Waals surface area contributed by atoms with Gasteiger partial charge in [0.1, 0.15) is 0 Å². The van der Waals surface area contributed by atoms with Crippen LogP contribution in [0.3, 0.4) is 0 Å². The highest BCUT2D eigenvalue weighted by molar-refractivity contribution is 4.72. The fourth-order valence-corrected chi connectivity index (χ4v) is 2.34. The molecule has 0 saturated heterocycles. The molecular formula is C14H32N2O. The maximum absolute atomic E-state index is 5.67. The highest BCUT2D eigenvalue weighted by Gasteiger charge is 2.17. The van der Waals surface area contributed by atoms with E-state index in [9.17, 15) is 0 Å². The van der Waals surface area contributed by atoms with Crippen molar-refractivity contribution in [3.8, 4) is 0 Å².